The summed E-state index contributed by atoms with van der Waals surface area (Å²) in [6.07, 6.45) is 2.00. The van der Waals surface area contributed by atoms with E-state index in [0.717, 1.165) is 19.3 Å². The first-order valence-electron chi connectivity index (χ1n) is 3.73. The average molecular weight is 160 g/mol. The van der Waals surface area contributed by atoms with E-state index in [9.17, 15) is 13.6 Å². The minimum Gasteiger partial charge on any atom is -0.288 e. The summed E-state index contributed by atoms with van der Waals surface area (Å²) in [5, 5.41) is 0. The van der Waals surface area contributed by atoms with Crippen LogP contribution in [0, 0.1) is 0 Å². The Morgan fingerprint density at radius 2 is 2.18 bits per heavy atom. The van der Waals surface area contributed by atoms with E-state index in [2.05, 4.69) is 0 Å². The van der Waals surface area contributed by atoms with Crippen molar-refractivity contribution in [2.45, 2.75) is 32.1 Å². The molecule has 0 unspecified atom stereocenters. The zero-order valence-corrected chi connectivity index (χ0v) is 6.15. The van der Waals surface area contributed by atoms with Gasteiger partial charge in [0.05, 0.1) is 0 Å². The second-order valence-corrected chi connectivity index (χ2v) is 2.64. The lowest BCUT2D eigenvalue weighted by atomic mass is 9.97. The lowest BCUT2D eigenvalue weighted by Gasteiger charge is -2.10. The van der Waals surface area contributed by atoms with Gasteiger partial charge < -0.3 is 0 Å². The normalized spacial score (nSPS) is 18.3. The summed E-state index contributed by atoms with van der Waals surface area (Å²) >= 11 is 0. The summed E-state index contributed by atoms with van der Waals surface area (Å²) in [5.41, 5.74) is 0.325. The van der Waals surface area contributed by atoms with E-state index in [-0.39, 0.29) is 0 Å². The summed E-state index contributed by atoms with van der Waals surface area (Å²) in [5.74, 6) is -0.982. The monoisotopic (exact) mass is 160 g/mol. The molecule has 0 amide bonds. The van der Waals surface area contributed by atoms with Gasteiger partial charge in [-0.05, 0) is 31.3 Å². The van der Waals surface area contributed by atoms with Gasteiger partial charge in [0.25, 0.3) is 6.43 Å². The number of carbonyl (C=O) groups is 1. The molecular formula is C8H10F2O. The predicted octanol–water partition coefficient (Wildman–Crippen LogP) is 2.32. The molecule has 0 fully saturated rings. The van der Waals surface area contributed by atoms with Crippen molar-refractivity contribution in [3.05, 3.63) is 11.6 Å². The van der Waals surface area contributed by atoms with Crippen molar-refractivity contribution in [2.24, 2.45) is 0 Å². The first-order chi connectivity index (χ1) is 5.22. The Bertz CT molecular complexity index is 185. The van der Waals surface area contributed by atoms with Crippen molar-refractivity contribution >= 4 is 5.78 Å². The van der Waals surface area contributed by atoms with Crippen molar-refractivity contribution in [2.75, 3.05) is 0 Å². The number of hydrogen-bond donors (Lipinski definition) is 0. The molecule has 0 aromatic heterocycles. The summed E-state index contributed by atoms with van der Waals surface area (Å²) in [4.78, 5) is 10.7. The van der Waals surface area contributed by atoms with Gasteiger partial charge in [-0.1, -0.05) is 6.08 Å². The van der Waals surface area contributed by atoms with Crippen molar-refractivity contribution < 1.29 is 13.6 Å². The van der Waals surface area contributed by atoms with Crippen molar-refractivity contribution in [1.29, 1.82) is 0 Å². The van der Waals surface area contributed by atoms with Crippen LogP contribution >= 0.6 is 0 Å². The average Bonchev–Trinajstić information content (AvgIpc) is 2.05. The molecule has 0 heterocycles. The molecule has 1 aliphatic rings. The maximum Gasteiger partial charge on any atom is 0.300 e. The lowest BCUT2D eigenvalue weighted by Crippen LogP contribution is -2.14. The molecule has 0 atom stereocenters. The first kappa shape index (κ1) is 8.37. The van der Waals surface area contributed by atoms with Crippen molar-refractivity contribution in [1.82, 2.24) is 0 Å². The quantitative estimate of drug-likeness (QED) is 0.605. The molecular weight excluding hydrogens is 150 g/mol. The molecule has 0 aliphatic heterocycles. The summed E-state index contributed by atoms with van der Waals surface area (Å²) in [6.45, 7) is 0. The van der Waals surface area contributed by atoms with E-state index < -0.39 is 12.2 Å². The van der Waals surface area contributed by atoms with E-state index in [1.165, 1.54) is 0 Å². The number of ketones is 1. The first-order valence-corrected chi connectivity index (χ1v) is 3.73. The maximum absolute atomic E-state index is 11.8. The van der Waals surface area contributed by atoms with Crippen LogP contribution in [0.5, 0.6) is 0 Å². The molecule has 0 N–H and O–H groups in total. The van der Waals surface area contributed by atoms with Gasteiger partial charge in [-0.15, -0.1) is 0 Å². The molecule has 1 aliphatic carbocycles. The minimum absolute atomic E-state index is 0.325. The zero-order chi connectivity index (χ0) is 8.27. The molecule has 1 nitrogen and oxygen atoms in total. The highest BCUT2D eigenvalue weighted by molar-refractivity contribution is 5.97. The Morgan fingerprint density at radius 3 is 2.64 bits per heavy atom. The van der Waals surface area contributed by atoms with E-state index in [1.54, 1.807) is 6.08 Å². The van der Waals surface area contributed by atoms with Crippen LogP contribution in [0.15, 0.2) is 11.6 Å². The van der Waals surface area contributed by atoms with Gasteiger partial charge in [0, 0.05) is 0 Å². The molecule has 1 rings (SSSR count). The van der Waals surface area contributed by atoms with E-state index in [0.29, 0.717) is 12.0 Å². The summed E-state index contributed by atoms with van der Waals surface area (Å²) in [7, 11) is 0. The molecule has 0 saturated carbocycles. The predicted molar refractivity (Wildman–Crippen MR) is 37.6 cm³/mol. The van der Waals surface area contributed by atoms with Crippen LogP contribution in [0.3, 0.4) is 0 Å². The van der Waals surface area contributed by atoms with Crippen LogP contribution in [-0.2, 0) is 4.79 Å². The topological polar surface area (TPSA) is 17.1 Å². The number of hydrogen-bond acceptors (Lipinski definition) is 1. The van der Waals surface area contributed by atoms with Crippen LogP contribution in [0.2, 0.25) is 0 Å². The maximum atomic E-state index is 11.8. The Labute approximate surface area is 64.1 Å². The number of halogens is 2. The van der Waals surface area contributed by atoms with Crippen LogP contribution in [0.4, 0.5) is 8.78 Å². The van der Waals surface area contributed by atoms with Gasteiger partial charge in [-0.3, -0.25) is 4.79 Å². The molecule has 0 aromatic carbocycles. The highest BCUT2D eigenvalue weighted by Crippen LogP contribution is 2.20. The summed E-state index contributed by atoms with van der Waals surface area (Å²) in [6, 6.07) is 0. The minimum atomic E-state index is -2.82. The second kappa shape index (κ2) is 3.60. The Morgan fingerprint density at radius 1 is 1.45 bits per heavy atom. The van der Waals surface area contributed by atoms with Gasteiger partial charge in [0.2, 0.25) is 5.78 Å². The molecule has 0 radical (unpaired) electrons. The van der Waals surface area contributed by atoms with E-state index >= 15 is 0 Å². The van der Waals surface area contributed by atoms with Crippen LogP contribution < -0.4 is 0 Å². The van der Waals surface area contributed by atoms with Gasteiger partial charge >= 0.3 is 0 Å². The number of rotatable bonds is 2. The molecule has 0 aromatic rings. The van der Waals surface area contributed by atoms with E-state index in [1.807, 2.05) is 0 Å². The Hall–Kier alpha value is -0.730. The molecule has 62 valence electrons. The van der Waals surface area contributed by atoms with Gasteiger partial charge in [-0.2, -0.15) is 0 Å². The molecule has 0 spiro atoms. The molecule has 0 saturated heterocycles. The molecule has 11 heavy (non-hydrogen) atoms. The third-order valence-electron chi connectivity index (χ3n) is 1.81. The summed E-state index contributed by atoms with van der Waals surface area (Å²) < 4.78 is 23.6. The lowest BCUT2D eigenvalue weighted by molar-refractivity contribution is -0.125. The van der Waals surface area contributed by atoms with Crippen molar-refractivity contribution in [3.8, 4) is 0 Å². The largest absolute Gasteiger partial charge is 0.300 e. The van der Waals surface area contributed by atoms with Crippen LogP contribution in [-0.4, -0.2) is 12.2 Å². The van der Waals surface area contributed by atoms with Gasteiger partial charge in [0.1, 0.15) is 0 Å². The van der Waals surface area contributed by atoms with Crippen LogP contribution in [0.1, 0.15) is 25.7 Å². The van der Waals surface area contributed by atoms with Crippen molar-refractivity contribution in [3.63, 3.8) is 0 Å². The Balaban J connectivity index is 2.58. The number of alkyl halides is 2. The second-order valence-electron chi connectivity index (χ2n) is 2.64. The highest BCUT2D eigenvalue weighted by Gasteiger charge is 2.20. The Kier molecular flexibility index (Phi) is 2.74. The fourth-order valence-corrected chi connectivity index (χ4v) is 1.20. The molecule has 0 bridgehead atoms. The highest BCUT2D eigenvalue weighted by atomic mass is 19.3. The zero-order valence-electron chi connectivity index (χ0n) is 6.15. The fourth-order valence-electron chi connectivity index (χ4n) is 1.20. The van der Waals surface area contributed by atoms with Gasteiger partial charge in [0.15, 0.2) is 0 Å². The number of carbonyl (C=O) groups excluding carboxylic acids is 1. The third kappa shape index (κ3) is 2.10. The number of Topliss-reactive ketones (excluding diaryl/α,β-unsaturated/α-hetero) is 1. The smallest absolute Gasteiger partial charge is 0.288 e. The molecule has 3 heteroatoms. The van der Waals surface area contributed by atoms with Crippen LogP contribution in [0.25, 0.3) is 0 Å². The third-order valence-corrected chi connectivity index (χ3v) is 1.81. The fraction of sp³-hybridized carbons (Fsp3) is 0.625. The number of allylic oxidation sites excluding steroid dienone is 2. The van der Waals surface area contributed by atoms with Gasteiger partial charge in [-0.25, -0.2) is 8.78 Å². The van der Waals surface area contributed by atoms with E-state index in [4.69, 9.17) is 0 Å². The standard InChI is InChI=1S/C8H10F2O/c9-8(10)7(11)6-4-2-1-3-5-6/h4,8H,1-3,5H2. The SMILES string of the molecule is O=C(C1=CCCCC1)C(F)F.